The number of nitrogens with zero attached hydrogens (tertiary/aromatic N) is 1. The molecule has 0 saturated heterocycles. The number of rotatable bonds is 6. The van der Waals surface area contributed by atoms with Crippen LogP contribution in [0.5, 0.6) is 0 Å². The number of hydrogen-bond acceptors (Lipinski definition) is 3. The number of anilines is 1. The Bertz CT molecular complexity index is 348. The van der Waals surface area contributed by atoms with Crippen molar-refractivity contribution in [2.75, 3.05) is 32.5 Å². The van der Waals surface area contributed by atoms with Gasteiger partial charge in [0.05, 0.1) is 0 Å². The van der Waals surface area contributed by atoms with Crippen molar-refractivity contribution in [2.24, 2.45) is 0 Å². The molecule has 0 aliphatic carbocycles. The average molecular weight is 220 g/mol. The lowest BCUT2D eigenvalue weighted by atomic mass is 10.1. The van der Waals surface area contributed by atoms with Crippen molar-refractivity contribution in [2.45, 2.75) is 13.3 Å². The number of hydrogen-bond donors (Lipinski definition) is 1. The van der Waals surface area contributed by atoms with Gasteiger partial charge in [0.25, 0.3) is 0 Å². The zero-order valence-corrected chi connectivity index (χ0v) is 10.3. The van der Waals surface area contributed by atoms with Crippen molar-refractivity contribution in [3.63, 3.8) is 0 Å². The molecule has 1 N–H and O–H groups in total. The van der Waals surface area contributed by atoms with Crippen LogP contribution in [0.25, 0.3) is 0 Å². The van der Waals surface area contributed by atoms with Crippen LogP contribution in [0.4, 0.5) is 5.69 Å². The van der Waals surface area contributed by atoms with Crippen LogP contribution in [-0.2, 0) is 0 Å². The summed E-state index contributed by atoms with van der Waals surface area (Å²) in [7, 11) is 4.12. The molecule has 0 atom stereocenters. The van der Waals surface area contributed by atoms with Crippen LogP contribution in [0.2, 0.25) is 0 Å². The summed E-state index contributed by atoms with van der Waals surface area (Å²) in [5.74, 6) is 0.107. The van der Waals surface area contributed by atoms with Crippen LogP contribution in [0.1, 0.15) is 23.7 Å². The van der Waals surface area contributed by atoms with Crippen LogP contribution in [0.15, 0.2) is 24.3 Å². The van der Waals surface area contributed by atoms with Gasteiger partial charge in [-0.3, -0.25) is 4.79 Å². The van der Waals surface area contributed by atoms with Crippen molar-refractivity contribution in [3.05, 3.63) is 29.8 Å². The van der Waals surface area contributed by atoms with Crippen LogP contribution < -0.4 is 5.32 Å². The highest BCUT2D eigenvalue weighted by atomic mass is 16.1. The van der Waals surface area contributed by atoms with E-state index >= 15 is 0 Å². The predicted octanol–water partition coefficient (Wildman–Crippen LogP) is 2.25. The lowest BCUT2D eigenvalue weighted by Gasteiger charge is -2.12. The number of nitrogens with one attached hydrogen (secondary N) is 1. The van der Waals surface area contributed by atoms with Gasteiger partial charge in [-0.05, 0) is 46.1 Å². The maximum Gasteiger partial charge on any atom is 0.161 e. The molecular formula is C13H20N2O. The topological polar surface area (TPSA) is 32.3 Å². The first-order chi connectivity index (χ1) is 7.61. The molecule has 16 heavy (non-hydrogen) atoms. The molecule has 3 nitrogen and oxygen atoms in total. The summed E-state index contributed by atoms with van der Waals surface area (Å²) in [5, 5.41) is 3.30. The van der Waals surface area contributed by atoms with Gasteiger partial charge in [0.15, 0.2) is 5.78 Å². The summed E-state index contributed by atoms with van der Waals surface area (Å²) in [6.07, 6.45) is 1.07. The lowest BCUT2D eigenvalue weighted by molar-refractivity contribution is 0.101. The minimum Gasteiger partial charge on any atom is -0.384 e. The zero-order chi connectivity index (χ0) is 12.0. The van der Waals surface area contributed by atoms with E-state index in [2.05, 4.69) is 24.3 Å². The Balaban J connectivity index is 2.50. The maximum absolute atomic E-state index is 11.4. The Hall–Kier alpha value is -1.35. The molecule has 0 saturated carbocycles. The summed E-state index contributed by atoms with van der Waals surface area (Å²) in [5.41, 5.74) is 1.71. The third kappa shape index (κ3) is 4.03. The van der Waals surface area contributed by atoms with E-state index in [1.807, 2.05) is 24.3 Å². The van der Waals surface area contributed by atoms with E-state index in [0.717, 1.165) is 30.8 Å². The second-order valence-corrected chi connectivity index (χ2v) is 4.19. The van der Waals surface area contributed by atoms with Gasteiger partial charge in [-0.2, -0.15) is 0 Å². The molecule has 0 bridgehead atoms. The first-order valence-corrected chi connectivity index (χ1v) is 5.60. The summed E-state index contributed by atoms with van der Waals surface area (Å²) >= 11 is 0. The fraction of sp³-hybridized carbons (Fsp3) is 0.462. The molecule has 3 heteroatoms. The fourth-order valence-corrected chi connectivity index (χ4v) is 1.56. The molecule has 0 aromatic heterocycles. The zero-order valence-electron chi connectivity index (χ0n) is 10.3. The molecule has 1 rings (SSSR count). The number of carbonyl (C=O) groups excluding carboxylic acids is 1. The first kappa shape index (κ1) is 12.7. The quantitative estimate of drug-likeness (QED) is 0.589. The third-order valence-electron chi connectivity index (χ3n) is 2.40. The highest BCUT2D eigenvalue weighted by molar-refractivity contribution is 5.99. The van der Waals surface area contributed by atoms with Crippen molar-refractivity contribution >= 4 is 11.5 Å². The van der Waals surface area contributed by atoms with Gasteiger partial charge < -0.3 is 10.2 Å². The van der Waals surface area contributed by atoms with Crippen LogP contribution in [0.3, 0.4) is 0 Å². The van der Waals surface area contributed by atoms with Crippen LogP contribution >= 0.6 is 0 Å². The Morgan fingerprint density at radius 1 is 1.31 bits per heavy atom. The van der Waals surface area contributed by atoms with Crippen molar-refractivity contribution < 1.29 is 4.79 Å². The van der Waals surface area contributed by atoms with Gasteiger partial charge in [-0.15, -0.1) is 0 Å². The molecular weight excluding hydrogens is 200 g/mol. The molecule has 88 valence electrons. The Morgan fingerprint density at radius 2 is 2.00 bits per heavy atom. The highest BCUT2D eigenvalue weighted by Gasteiger charge is 2.04. The monoisotopic (exact) mass is 220 g/mol. The first-order valence-electron chi connectivity index (χ1n) is 5.60. The molecule has 1 aromatic carbocycles. The SMILES string of the molecule is CC(=O)c1ccccc1NCCCN(C)C. The van der Waals surface area contributed by atoms with E-state index in [1.54, 1.807) is 6.92 Å². The lowest BCUT2D eigenvalue weighted by Crippen LogP contribution is -2.16. The normalized spacial score (nSPS) is 10.5. The van der Waals surface area contributed by atoms with Crippen LogP contribution in [-0.4, -0.2) is 37.9 Å². The summed E-state index contributed by atoms with van der Waals surface area (Å²) in [6.45, 7) is 3.54. The largest absolute Gasteiger partial charge is 0.384 e. The Morgan fingerprint density at radius 3 is 2.62 bits per heavy atom. The molecule has 0 aliphatic rings. The number of Topliss-reactive ketones (excluding diaryl/α,β-unsaturated/α-hetero) is 1. The Kier molecular flexibility index (Phi) is 4.99. The molecule has 0 spiro atoms. The number of carbonyl (C=O) groups is 1. The van der Waals surface area contributed by atoms with Gasteiger partial charge in [0.1, 0.15) is 0 Å². The summed E-state index contributed by atoms with van der Waals surface area (Å²) < 4.78 is 0. The standard InChI is InChI=1S/C13H20N2O/c1-11(16)12-7-4-5-8-13(12)14-9-6-10-15(2)3/h4-5,7-8,14H,6,9-10H2,1-3H3. The molecule has 0 fully saturated rings. The molecule has 1 aromatic rings. The van der Waals surface area contributed by atoms with E-state index in [4.69, 9.17) is 0 Å². The van der Waals surface area contributed by atoms with E-state index in [9.17, 15) is 4.79 Å². The van der Waals surface area contributed by atoms with E-state index in [-0.39, 0.29) is 5.78 Å². The number of benzene rings is 1. The average Bonchev–Trinajstić information content (AvgIpc) is 2.24. The fourth-order valence-electron chi connectivity index (χ4n) is 1.56. The maximum atomic E-state index is 11.4. The van der Waals surface area contributed by atoms with E-state index in [0.29, 0.717) is 0 Å². The molecule has 0 aliphatic heterocycles. The van der Waals surface area contributed by atoms with Crippen LogP contribution in [0, 0.1) is 0 Å². The Labute approximate surface area is 97.5 Å². The van der Waals surface area contributed by atoms with Gasteiger partial charge in [0.2, 0.25) is 0 Å². The van der Waals surface area contributed by atoms with E-state index < -0.39 is 0 Å². The summed E-state index contributed by atoms with van der Waals surface area (Å²) in [4.78, 5) is 13.5. The third-order valence-corrected chi connectivity index (χ3v) is 2.40. The van der Waals surface area contributed by atoms with Gasteiger partial charge in [-0.25, -0.2) is 0 Å². The van der Waals surface area contributed by atoms with Gasteiger partial charge >= 0.3 is 0 Å². The smallest absolute Gasteiger partial charge is 0.161 e. The second kappa shape index (κ2) is 6.28. The van der Waals surface area contributed by atoms with Gasteiger partial charge in [0, 0.05) is 17.8 Å². The van der Waals surface area contributed by atoms with Crippen molar-refractivity contribution in [3.8, 4) is 0 Å². The van der Waals surface area contributed by atoms with Gasteiger partial charge in [-0.1, -0.05) is 12.1 Å². The van der Waals surface area contributed by atoms with Crippen molar-refractivity contribution in [1.82, 2.24) is 4.90 Å². The predicted molar refractivity (Wildman–Crippen MR) is 68.1 cm³/mol. The minimum absolute atomic E-state index is 0.107. The van der Waals surface area contributed by atoms with E-state index in [1.165, 1.54) is 0 Å². The highest BCUT2D eigenvalue weighted by Crippen LogP contribution is 2.15. The molecule has 0 heterocycles. The number of para-hydroxylation sites is 1. The molecule has 0 radical (unpaired) electrons. The number of ketones is 1. The minimum atomic E-state index is 0.107. The molecule has 0 unspecified atom stereocenters. The molecule has 0 amide bonds. The second-order valence-electron chi connectivity index (χ2n) is 4.19. The van der Waals surface area contributed by atoms with Crippen molar-refractivity contribution in [1.29, 1.82) is 0 Å². The summed E-state index contributed by atoms with van der Waals surface area (Å²) in [6, 6.07) is 7.64.